The van der Waals surface area contributed by atoms with E-state index in [0.29, 0.717) is 0 Å². The number of hydrogen-bond acceptors (Lipinski definition) is 1. The van der Waals surface area contributed by atoms with Crippen LogP contribution >= 0.6 is 11.8 Å². The zero-order valence-electron chi connectivity index (χ0n) is 4.39. The summed E-state index contributed by atoms with van der Waals surface area (Å²) in [6.45, 7) is 2.19. The molecule has 7 heavy (non-hydrogen) atoms. The average molecular weight is 116 g/mol. The molecule has 1 heterocycles. The van der Waals surface area contributed by atoms with Crippen LogP contribution in [0.1, 0.15) is 6.42 Å². The van der Waals surface area contributed by atoms with E-state index in [1.807, 2.05) is 11.8 Å². The van der Waals surface area contributed by atoms with Gasteiger partial charge in [-0.05, 0) is 12.2 Å². The van der Waals surface area contributed by atoms with Crippen molar-refractivity contribution in [1.29, 1.82) is 0 Å². The molecule has 0 aliphatic carbocycles. The fourth-order valence-corrected chi connectivity index (χ4v) is 1.42. The van der Waals surface area contributed by atoms with Gasteiger partial charge >= 0.3 is 0 Å². The minimum absolute atomic E-state index is 1.09. The Bertz CT molecular complexity index is 27.7. The zero-order chi connectivity index (χ0) is 4.95. The third-order valence-electron chi connectivity index (χ3n) is 0.999. The summed E-state index contributed by atoms with van der Waals surface area (Å²) in [6.07, 6.45) is 1.30. The molecule has 1 aliphatic rings. The second kappa shape index (κ2) is 3.33. The van der Waals surface area contributed by atoms with Crippen LogP contribution in [0.15, 0.2) is 0 Å². The van der Waals surface area contributed by atoms with Gasteiger partial charge in [0.25, 0.3) is 0 Å². The molecule has 0 amide bonds. The fourth-order valence-electron chi connectivity index (χ4n) is 0.621. The summed E-state index contributed by atoms with van der Waals surface area (Å²) < 4.78 is 0. The monoisotopic (exact) mass is 116 g/mol. The highest BCUT2D eigenvalue weighted by Crippen LogP contribution is 2.03. The molecule has 0 aromatic carbocycles. The molecular weight excluding hydrogens is 106 g/mol. The lowest BCUT2D eigenvalue weighted by molar-refractivity contribution is 0.709. The molecule has 1 nitrogen and oxygen atoms in total. The van der Waals surface area contributed by atoms with Crippen molar-refractivity contribution < 1.29 is 0 Å². The van der Waals surface area contributed by atoms with Gasteiger partial charge in [-0.25, -0.2) is 5.32 Å². The third kappa shape index (κ3) is 2.19. The standard InChI is InChI=1S/C5H10NS/c1-2-6-3-5-7-4-1/h1-5H2. The molecule has 0 N–H and O–H groups in total. The van der Waals surface area contributed by atoms with Gasteiger partial charge in [0.15, 0.2) is 0 Å². The largest absolute Gasteiger partial charge is 0.241 e. The highest BCUT2D eigenvalue weighted by atomic mass is 32.2. The molecule has 0 spiro atoms. The predicted octanol–water partition coefficient (Wildman–Crippen LogP) is 0.728. The predicted molar refractivity (Wildman–Crippen MR) is 33.8 cm³/mol. The Hall–Kier alpha value is 0.310. The van der Waals surface area contributed by atoms with Crippen molar-refractivity contribution in [2.24, 2.45) is 0 Å². The molecule has 0 atom stereocenters. The van der Waals surface area contributed by atoms with E-state index in [2.05, 4.69) is 5.32 Å². The molecule has 1 rings (SSSR count). The second-order valence-corrected chi connectivity index (χ2v) is 2.86. The first-order chi connectivity index (χ1) is 3.50. The van der Waals surface area contributed by atoms with E-state index < -0.39 is 0 Å². The van der Waals surface area contributed by atoms with Gasteiger partial charge in [0.05, 0.1) is 0 Å². The summed E-state index contributed by atoms with van der Waals surface area (Å²) in [6, 6.07) is 0. The van der Waals surface area contributed by atoms with Crippen LogP contribution in [0.5, 0.6) is 0 Å². The zero-order valence-corrected chi connectivity index (χ0v) is 5.21. The van der Waals surface area contributed by atoms with Gasteiger partial charge in [-0.15, -0.1) is 0 Å². The maximum Gasteiger partial charge on any atom is 0.0224 e. The Morgan fingerprint density at radius 2 is 2.14 bits per heavy atom. The van der Waals surface area contributed by atoms with Crippen LogP contribution in [-0.2, 0) is 0 Å². The van der Waals surface area contributed by atoms with Crippen molar-refractivity contribution in [3.05, 3.63) is 0 Å². The fraction of sp³-hybridized carbons (Fsp3) is 1.00. The van der Waals surface area contributed by atoms with Crippen LogP contribution in [0.3, 0.4) is 0 Å². The van der Waals surface area contributed by atoms with Crippen molar-refractivity contribution in [3.63, 3.8) is 0 Å². The average Bonchev–Trinajstić information content (AvgIpc) is 1.90. The number of thioether (sulfide) groups is 1. The number of hydrogen-bond donors (Lipinski definition) is 0. The Morgan fingerprint density at radius 1 is 1.14 bits per heavy atom. The summed E-state index contributed by atoms with van der Waals surface area (Å²) in [5.74, 6) is 2.57. The molecular formula is C5H10NS. The quantitative estimate of drug-likeness (QED) is 0.455. The maximum atomic E-state index is 4.25. The first-order valence-corrected chi connectivity index (χ1v) is 3.86. The first-order valence-electron chi connectivity index (χ1n) is 2.71. The van der Waals surface area contributed by atoms with Crippen molar-refractivity contribution >= 4 is 11.8 Å². The molecule has 0 aromatic rings. The van der Waals surface area contributed by atoms with Crippen LogP contribution in [0, 0.1) is 0 Å². The smallest absolute Gasteiger partial charge is 0.0224 e. The molecule has 0 saturated carbocycles. The Labute approximate surface area is 48.9 Å². The van der Waals surface area contributed by atoms with E-state index in [-0.39, 0.29) is 0 Å². The number of rotatable bonds is 0. The van der Waals surface area contributed by atoms with Crippen molar-refractivity contribution in [2.75, 3.05) is 24.6 Å². The van der Waals surface area contributed by atoms with Crippen molar-refractivity contribution in [3.8, 4) is 0 Å². The van der Waals surface area contributed by atoms with E-state index in [4.69, 9.17) is 0 Å². The molecule has 0 bridgehead atoms. The van der Waals surface area contributed by atoms with Crippen LogP contribution in [0.2, 0.25) is 0 Å². The Kier molecular flexibility index (Phi) is 2.59. The van der Waals surface area contributed by atoms with Crippen molar-refractivity contribution in [2.45, 2.75) is 6.42 Å². The lowest BCUT2D eigenvalue weighted by atomic mass is 10.5. The van der Waals surface area contributed by atoms with E-state index in [9.17, 15) is 0 Å². The van der Waals surface area contributed by atoms with Crippen LogP contribution in [-0.4, -0.2) is 24.6 Å². The Balaban J connectivity index is 2.04. The molecule has 0 unspecified atom stereocenters. The summed E-state index contributed by atoms with van der Waals surface area (Å²) >= 11 is 2.02. The van der Waals surface area contributed by atoms with Gasteiger partial charge in [-0.2, -0.15) is 11.8 Å². The van der Waals surface area contributed by atoms with Gasteiger partial charge < -0.3 is 0 Å². The first kappa shape index (κ1) is 5.45. The van der Waals surface area contributed by atoms with Crippen LogP contribution in [0.25, 0.3) is 0 Å². The highest BCUT2D eigenvalue weighted by molar-refractivity contribution is 7.99. The lowest BCUT2D eigenvalue weighted by Gasteiger charge is -1.87. The lowest BCUT2D eigenvalue weighted by Crippen LogP contribution is -2.06. The molecule has 41 valence electrons. The molecule has 1 aliphatic heterocycles. The van der Waals surface area contributed by atoms with Gasteiger partial charge in [0, 0.05) is 18.8 Å². The normalized spacial score (nSPS) is 24.0. The maximum absolute atomic E-state index is 4.25. The minimum atomic E-state index is 1.09. The van der Waals surface area contributed by atoms with Gasteiger partial charge in [-0.1, -0.05) is 0 Å². The molecule has 0 aromatic heterocycles. The second-order valence-electron chi connectivity index (χ2n) is 1.64. The molecule has 2 heteroatoms. The van der Waals surface area contributed by atoms with Crippen LogP contribution in [0.4, 0.5) is 0 Å². The van der Waals surface area contributed by atoms with E-state index in [0.717, 1.165) is 13.1 Å². The summed E-state index contributed by atoms with van der Waals surface area (Å²) in [5.41, 5.74) is 0. The van der Waals surface area contributed by atoms with Gasteiger partial charge in [-0.3, -0.25) is 0 Å². The molecule has 1 fully saturated rings. The SMILES string of the molecule is C1C[N]CCSC1. The summed E-state index contributed by atoms with van der Waals surface area (Å²) in [4.78, 5) is 0. The third-order valence-corrected chi connectivity index (χ3v) is 2.05. The van der Waals surface area contributed by atoms with Crippen molar-refractivity contribution in [1.82, 2.24) is 5.32 Å². The summed E-state index contributed by atoms with van der Waals surface area (Å²) in [7, 11) is 0. The minimum Gasteiger partial charge on any atom is -0.241 e. The van der Waals surface area contributed by atoms with E-state index in [1.54, 1.807) is 0 Å². The molecule has 1 saturated heterocycles. The van der Waals surface area contributed by atoms with Crippen LogP contribution < -0.4 is 5.32 Å². The van der Waals surface area contributed by atoms with Gasteiger partial charge in [0.1, 0.15) is 0 Å². The topological polar surface area (TPSA) is 14.1 Å². The van der Waals surface area contributed by atoms with E-state index in [1.165, 1.54) is 17.9 Å². The molecule has 1 radical (unpaired) electrons. The number of nitrogens with zero attached hydrogens (tertiary/aromatic N) is 1. The van der Waals surface area contributed by atoms with E-state index >= 15 is 0 Å². The van der Waals surface area contributed by atoms with Gasteiger partial charge in [0.2, 0.25) is 0 Å². The summed E-state index contributed by atoms with van der Waals surface area (Å²) in [5, 5.41) is 4.25. The highest BCUT2D eigenvalue weighted by Gasteiger charge is 1.95. The Morgan fingerprint density at radius 3 is 3.14 bits per heavy atom.